The highest BCUT2D eigenvalue weighted by Gasteiger charge is 2.20. The van der Waals surface area contributed by atoms with Gasteiger partial charge < -0.3 is 13.7 Å². The number of carbonyl (C=O) groups is 2. The summed E-state index contributed by atoms with van der Waals surface area (Å²) in [5.41, 5.74) is 3.28. The van der Waals surface area contributed by atoms with Crippen LogP contribution in [-0.2, 0) is 24.2 Å². The summed E-state index contributed by atoms with van der Waals surface area (Å²) in [7, 11) is 3.21. The molecule has 0 N–H and O–H groups in total. The zero-order chi connectivity index (χ0) is 21.8. The molecule has 0 aliphatic rings. The van der Waals surface area contributed by atoms with E-state index in [0.29, 0.717) is 23.6 Å². The molecule has 7 heteroatoms. The highest BCUT2D eigenvalue weighted by molar-refractivity contribution is 7.09. The lowest BCUT2D eigenvalue weighted by molar-refractivity contribution is 0.0598. The minimum atomic E-state index is -0.420. The van der Waals surface area contributed by atoms with Crippen LogP contribution in [0.25, 0.3) is 0 Å². The van der Waals surface area contributed by atoms with Gasteiger partial charge in [-0.1, -0.05) is 6.07 Å². The van der Waals surface area contributed by atoms with Crippen LogP contribution in [0, 0.1) is 20.8 Å². The maximum Gasteiger partial charge on any atom is 0.341 e. The second-order valence-electron chi connectivity index (χ2n) is 7.54. The van der Waals surface area contributed by atoms with Gasteiger partial charge in [0.1, 0.15) is 17.1 Å². The Kier molecular flexibility index (Phi) is 6.95. The topological polar surface area (TPSA) is 64.7 Å². The highest BCUT2D eigenvalue weighted by Crippen LogP contribution is 2.20. The van der Waals surface area contributed by atoms with E-state index >= 15 is 0 Å². The maximum atomic E-state index is 12.9. The summed E-state index contributed by atoms with van der Waals surface area (Å²) < 4.78 is 12.6. The van der Waals surface area contributed by atoms with Gasteiger partial charge in [0.05, 0.1) is 20.2 Å². The normalized spacial score (nSPS) is 11.3. The number of hydrogen-bond donors (Lipinski definition) is 0. The number of ether oxygens (including phenoxy) is 1. The molecule has 0 saturated carbocycles. The summed E-state index contributed by atoms with van der Waals surface area (Å²) in [4.78, 5) is 27.9. The van der Waals surface area contributed by atoms with Gasteiger partial charge in [-0.2, -0.15) is 0 Å². The summed E-state index contributed by atoms with van der Waals surface area (Å²) in [5, 5.41) is 2.09. The molecule has 3 aromatic heterocycles. The van der Waals surface area contributed by atoms with Gasteiger partial charge in [0.25, 0.3) is 0 Å². The van der Waals surface area contributed by atoms with E-state index in [0.717, 1.165) is 29.9 Å². The van der Waals surface area contributed by atoms with Crippen molar-refractivity contribution in [3.8, 4) is 0 Å². The fourth-order valence-corrected chi connectivity index (χ4v) is 4.39. The lowest BCUT2D eigenvalue weighted by Gasteiger charge is -2.14. The number of hydrogen-bond acceptors (Lipinski definition) is 6. The third-order valence-electron chi connectivity index (χ3n) is 5.25. The lowest BCUT2D eigenvalue weighted by Crippen LogP contribution is -2.25. The van der Waals surface area contributed by atoms with Crippen LogP contribution in [-0.4, -0.2) is 41.9 Å². The smallest absolute Gasteiger partial charge is 0.341 e. The molecular formula is C23H28N2O4S. The van der Waals surface area contributed by atoms with E-state index < -0.39 is 5.97 Å². The Bertz CT molecular complexity index is 1030. The molecule has 3 rings (SSSR count). The Balaban J connectivity index is 1.64. The quantitative estimate of drug-likeness (QED) is 0.373. The Morgan fingerprint density at radius 3 is 2.63 bits per heavy atom. The molecule has 160 valence electrons. The number of Topliss-reactive ketones (excluding diaryl/α,β-unsaturated/α-hetero) is 1. The predicted molar refractivity (Wildman–Crippen MR) is 117 cm³/mol. The van der Waals surface area contributed by atoms with Gasteiger partial charge in [-0.05, 0) is 57.8 Å². The Morgan fingerprint density at radius 1 is 1.20 bits per heavy atom. The number of nitrogens with zero attached hydrogens (tertiary/aromatic N) is 2. The van der Waals surface area contributed by atoms with E-state index in [1.165, 1.54) is 12.0 Å². The van der Waals surface area contributed by atoms with E-state index in [2.05, 4.69) is 22.1 Å². The maximum absolute atomic E-state index is 12.9. The first-order valence-electron chi connectivity index (χ1n) is 9.88. The molecule has 30 heavy (non-hydrogen) atoms. The number of esters is 1. The summed E-state index contributed by atoms with van der Waals surface area (Å²) in [5.74, 6) is 0.802. The molecule has 0 amide bonds. The average molecular weight is 429 g/mol. The molecule has 0 fully saturated rings. The van der Waals surface area contributed by atoms with E-state index in [1.807, 2.05) is 31.9 Å². The fourth-order valence-electron chi connectivity index (χ4n) is 3.69. The van der Waals surface area contributed by atoms with Crippen molar-refractivity contribution in [2.45, 2.75) is 40.3 Å². The zero-order valence-electron chi connectivity index (χ0n) is 18.2. The number of aromatic nitrogens is 1. The molecule has 0 spiro atoms. The first kappa shape index (κ1) is 22.1. The molecule has 3 heterocycles. The third kappa shape index (κ3) is 4.91. The van der Waals surface area contributed by atoms with Crippen molar-refractivity contribution in [1.29, 1.82) is 0 Å². The molecule has 0 aliphatic carbocycles. The summed E-state index contributed by atoms with van der Waals surface area (Å²) in [6, 6.07) is 7.86. The van der Waals surface area contributed by atoms with Crippen molar-refractivity contribution < 1.29 is 18.7 Å². The van der Waals surface area contributed by atoms with Gasteiger partial charge in [0, 0.05) is 28.4 Å². The number of methoxy groups -OCH3 is 1. The summed E-state index contributed by atoms with van der Waals surface area (Å²) in [6.45, 7) is 7.34. The number of carbonyl (C=O) groups excluding carboxylic acids is 2. The summed E-state index contributed by atoms with van der Waals surface area (Å²) >= 11 is 1.76. The summed E-state index contributed by atoms with van der Waals surface area (Å²) in [6.07, 6.45) is 0.960. The second-order valence-corrected chi connectivity index (χ2v) is 8.57. The van der Waals surface area contributed by atoms with Gasteiger partial charge in [-0.3, -0.25) is 9.69 Å². The lowest BCUT2D eigenvalue weighted by atomic mass is 10.1. The molecule has 0 bridgehead atoms. The van der Waals surface area contributed by atoms with E-state index in [4.69, 9.17) is 9.15 Å². The average Bonchev–Trinajstić information content (AvgIpc) is 3.40. The molecular weight excluding hydrogens is 400 g/mol. The van der Waals surface area contributed by atoms with E-state index in [-0.39, 0.29) is 12.3 Å². The first-order valence-corrected chi connectivity index (χ1v) is 10.8. The Hall–Kier alpha value is -2.64. The highest BCUT2D eigenvalue weighted by atomic mass is 32.1. The Labute approximate surface area is 181 Å². The number of thiophene rings is 1. The van der Waals surface area contributed by atoms with Gasteiger partial charge in [-0.25, -0.2) is 4.79 Å². The van der Waals surface area contributed by atoms with Crippen LogP contribution in [0.2, 0.25) is 0 Å². The van der Waals surface area contributed by atoms with Gasteiger partial charge >= 0.3 is 5.97 Å². The number of furan rings is 1. The second kappa shape index (κ2) is 9.45. The van der Waals surface area contributed by atoms with Gasteiger partial charge in [0.2, 0.25) is 0 Å². The van der Waals surface area contributed by atoms with Crippen molar-refractivity contribution >= 4 is 23.1 Å². The van der Waals surface area contributed by atoms with Crippen LogP contribution in [0.5, 0.6) is 0 Å². The number of likely N-dealkylation sites (N-methyl/N-ethyl adjacent to an activating group) is 1. The number of aryl methyl sites for hydroxylation is 3. The molecule has 3 aromatic rings. The van der Waals surface area contributed by atoms with E-state index in [9.17, 15) is 9.59 Å². The molecule has 0 saturated heterocycles. The van der Waals surface area contributed by atoms with Gasteiger partial charge in [-0.15, -0.1) is 11.3 Å². The van der Waals surface area contributed by atoms with Crippen LogP contribution in [0.15, 0.2) is 34.1 Å². The largest absolute Gasteiger partial charge is 0.465 e. The molecule has 0 aliphatic heterocycles. The molecule has 6 nitrogen and oxygen atoms in total. The third-order valence-corrected chi connectivity index (χ3v) is 6.19. The SMILES string of the molecule is COC(=O)c1cc(CN(C)CC(=O)c2cc(C)n(CCc3cccs3)c2C)oc1C. The minimum absolute atomic E-state index is 0.0736. The van der Waals surface area contributed by atoms with Crippen molar-refractivity contribution in [3.63, 3.8) is 0 Å². The molecule has 0 aromatic carbocycles. The van der Waals surface area contributed by atoms with Crippen molar-refractivity contribution in [1.82, 2.24) is 9.47 Å². The predicted octanol–water partition coefficient (Wildman–Crippen LogP) is 4.41. The first-order chi connectivity index (χ1) is 14.3. The van der Waals surface area contributed by atoms with Gasteiger partial charge in [0.15, 0.2) is 5.78 Å². The number of ketones is 1. The molecule has 0 atom stereocenters. The minimum Gasteiger partial charge on any atom is -0.465 e. The zero-order valence-corrected chi connectivity index (χ0v) is 19.0. The monoisotopic (exact) mass is 428 g/mol. The fraction of sp³-hybridized carbons (Fsp3) is 0.391. The van der Waals surface area contributed by atoms with Crippen molar-refractivity contribution in [2.24, 2.45) is 0 Å². The van der Waals surface area contributed by atoms with Crippen molar-refractivity contribution in [3.05, 3.63) is 68.6 Å². The molecule has 0 radical (unpaired) electrons. The van der Waals surface area contributed by atoms with Crippen molar-refractivity contribution in [2.75, 3.05) is 20.7 Å². The van der Waals surface area contributed by atoms with Crippen LogP contribution in [0.1, 0.15) is 48.5 Å². The van der Waals surface area contributed by atoms with Crippen LogP contribution < -0.4 is 0 Å². The number of rotatable bonds is 9. The van der Waals surface area contributed by atoms with Crippen LogP contribution in [0.3, 0.4) is 0 Å². The molecule has 0 unspecified atom stereocenters. The van der Waals surface area contributed by atoms with Crippen LogP contribution in [0.4, 0.5) is 0 Å². The Morgan fingerprint density at radius 2 is 1.97 bits per heavy atom. The van der Waals surface area contributed by atoms with E-state index in [1.54, 1.807) is 24.3 Å². The standard InChI is InChI=1S/C23H28N2O4S/c1-15-11-20(16(2)25(15)9-8-19-7-6-10-30-19)22(26)14-24(4)13-18-12-21(17(3)29-18)23(27)28-5/h6-7,10-12H,8-9,13-14H2,1-5H3. The van der Waals surface area contributed by atoms with Crippen LogP contribution >= 0.6 is 11.3 Å².